The normalized spacial score (nSPS) is 21.3. The van der Waals surface area contributed by atoms with Gasteiger partial charge in [-0.3, -0.25) is 4.79 Å². The van der Waals surface area contributed by atoms with Crippen molar-refractivity contribution in [1.29, 1.82) is 0 Å². The van der Waals surface area contributed by atoms with E-state index in [0.717, 1.165) is 49.1 Å². The third-order valence-corrected chi connectivity index (χ3v) is 7.74. The summed E-state index contributed by atoms with van der Waals surface area (Å²) < 4.78 is 3.34. The molecule has 9 nitrogen and oxygen atoms in total. The lowest BCUT2D eigenvalue weighted by atomic mass is 9.92. The molecule has 4 aromatic heterocycles. The topological polar surface area (TPSA) is 93.2 Å². The zero-order chi connectivity index (χ0) is 24.6. The molecule has 4 aromatic rings. The molecule has 1 amide bonds. The number of aryl methyl sites for hydroxylation is 1. The maximum atomic E-state index is 13.3. The van der Waals surface area contributed by atoms with E-state index in [1.54, 1.807) is 33.9 Å². The summed E-state index contributed by atoms with van der Waals surface area (Å²) in [4.78, 5) is 24.8. The molecular weight excluding hydrogens is 452 g/mol. The third kappa shape index (κ3) is 4.39. The molecule has 2 aliphatic rings. The van der Waals surface area contributed by atoms with Crippen molar-refractivity contribution in [2.24, 2.45) is 5.92 Å². The Morgan fingerprint density at radius 1 is 1.08 bits per heavy atom. The van der Waals surface area contributed by atoms with Gasteiger partial charge in [-0.05, 0) is 75.7 Å². The van der Waals surface area contributed by atoms with E-state index in [1.807, 2.05) is 31.3 Å². The van der Waals surface area contributed by atoms with Crippen molar-refractivity contribution in [1.82, 2.24) is 34.3 Å². The monoisotopic (exact) mass is 484 g/mol. The lowest BCUT2D eigenvalue weighted by Crippen LogP contribution is -2.39. The first-order chi connectivity index (χ1) is 17.5. The van der Waals surface area contributed by atoms with E-state index in [-0.39, 0.29) is 5.91 Å². The summed E-state index contributed by atoms with van der Waals surface area (Å²) in [5, 5.41) is 12.3. The van der Waals surface area contributed by atoms with Crippen molar-refractivity contribution >= 4 is 17.4 Å². The number of amides is 1. The molecule has 0 spiro atoms. The quantitative estimate of drug-likeness (QED) is 0.456. The zero-order valence-electron chi connectivity index (χ0n) is 20.8. The van der Waals surface area contributed by atoms with Crippen LogP contribution in [-0.4, -0.2) is 59.3 Å². The molecule has 2 atom stereocenters. The van der Waals surface area contributed by atoms with Crippen LogP contribution in [0.25, 0.3) is 11.5 Å². The fraction of sp³-hybridized carbons (Fsp3) is 0.444. The van der Waals surface area contributed by atoms with Crippen molar-refractivity contribution in [3.05, 3.63) is 65.9 Å². The van der Waals surface area contributed by atoms with Gasteiger partial charge in [-0.15, -0.1) is 0 Å². The first kappa shape index (κ1) is 22.8. The second-order valence-electron chi connectivity index (χ2n) is 10.3. The van der Waals surface area contributed by atoms with Gasteiger partial charge in [0, 0.05) is 36.6 Å². The fourth-order valence-corrected chi connectivity index (χ4v) is 5.69. The summed E-state index contributed by atoms with van der Waals surface area (Å²) in [7, 11) is 0. The number of hydrogen-bond donors (Lipinski definition) is 1. The van der Waals surface area contributed by atoms with E-state index >= 15 is 0 Å². The van der Waals surface area contributed by atoms with Gasteiger partial charge in [0.2, 0.25) is 0 Å². The van der Waals surface area contributed by atoms with Gasteiger partial charge in [0.05, 0.1) is 11.9 Å². The Morgan fingerprint density at radius 2 is 1.94 bits per heavy atom. The minimum absolute atomic E-state index is 0.270. The predicted molar refractivity (Wildman–Crippen MR) is 137 cm³/mol. The van der Waals surface area contributed by atoms with Gasteiger partial charge in [-0.1, -0.05) is 13.0 Å². The average molecular weight is 485 g/mol. The highest BCUT2D eigenvalue weighted by atomic mass is 16.1. The number of anilines is 1. The van der Waals surface area contributed by atoms with Crippen LogP contribution in [0.4, 0.5) is 5.82 Å². The summed E-state index contributed by atoms with van der Waals surface area (Å²) >= 11 is 0. The van der Waals surface area contributed by atoms with Crippen molar-refractivity contribution in [3.8, 4) is 5.82 Å². The van der Waals surface area contributed by atoms with E-state index in [9.17, 15) is 4.79 Å². The maximum Gasteiger partial charge on any atom is 0.262 e. The number of hydrogen-bond acceptors (Lipinski definition) is 6. The minimum Gasteiger partial charge on any atom is -0.306 e. The van der Waals surface area contributed by atoms with Crippen molar-refractivity contribution in [2.45, 2.75) is 57.9 Å². The highest BCUT2D eigenvalue weighted by Gasteiger charge is 2.31. The molecule has 0 aromatic carbocycles. The Labute approximate surface area is 210 Å². The summed E-state index contributed by atoms with van der Waals surface area (Å²) in [6.07, 6.45) is 13.0. The smallest absolute Gasteiger partial charge is 0.262 e. The van der Waals surface area contributed by atoms with E-state index in [0.29, 0.717) is 28.8 Å². The molecule has 0 bridgehead atoms. The van der Waals surface area contributed by atoms with Gasteiger partial charge >= 0.3 is 0 Å². The number of piperidine rings is 1. The average Bonchev–Trinajstić information content (AvgIpc) is 3.63. The number of nitrogens with one attached hydrogen (secondary N) is 1. The molecule has 2 unspecified atom stereocenters. The fourth-order valence-electron chi connectivity index (χ4n) is 5.69. The zero-order valence-corrected chi connectivity index (χ0v) is 20.8. The van der Waals surface area contributed by atoms with Gasteiger partial charge < -0.3 is 10.2 Å². The number of nitrogens with zero attached hydrogens (tertiary/aromatic N) is 7. The van der Waals surface area contributed by atoms with Crippen LogP contribution in [-0.2, 0) is 0 Å². The Morgan fingerprint density at radius 3 is 2.69 bits per heavy atom. The number of fused-ring (bicyclic) bond motifs is 1. The van der Waals surface area contributed by atoms with Gasteiger partial charge in [0.25, 0.3) is 5.91 Å². The van der Waals surface area contributed by atoms with Crippen molar-refractivity contribution < 1.29 is 4.79 Å². The standard InChI is InChI=1S/C27H32N8O/c1-18-4-6-21(14-18)33-12-8-20(9-13-33)23-15-25(35(32-23)24-7-5-19(2)16-29-24)31-27(36)22-17-30-34-11-3-10-28-26(22)34/h3,5,7,10-11,15-18,20-21H,4,6,8-9,12-14H2,1-2H3,(H,31,36). The molecule has 1 saturated carbocycles. The number of carbonyl (C=O) groups is 1. The molecule has 1 aliphatic heterocycles. The van der Waals surface area contributed by atoms with Crippen LogP contribution in [0.15, 0.2) is 49.1 Å². The first-order valence-corrected chi connectivity index (χ1v) is 12.9. The summed E-state index contributed by atoms with van der Waals surface area (Å²) in [6.45, 7) is 6.59. The Hall–Kier alpha value is -3.59. The third-order valence-electron chi connectivity index (χ3n) is 7.74. The summed E-state index contributed by atoms with van der Waals surface area (Å²) in [5.41, 5.74) is 3.01. The largest absolute Gasteiger partial charge is 0.306 e. The molecule has 186 valence electrons. The van der Waals surface area contributed by atoms with Crippen LogP contribution < -0.4 is 5.32 Å². The maximum absolute atomic E-state index is 13.3. The lowest BCUT2D eigenvalue weighted by Gasteiger charge is -2.35. The predicted octanol–water partition coefficient (Wildman–Crippen LogP) is 4.24. The second-order valence-corrected chi connectivity index (χ2v) is 10.3. The molecule has 1 N–H and O–H groups in total. The van der Waals surface area contributed by atoms with E-state index in [1.165, 1.54) is 19.3 Å². The summed E-state index contributed by atoms with van der Waals surface area (Å²) in [6, 6.07) is 8.47. The number of pyridine rings is 1. The van der Waals surface area contributed by atoms with Gasteiger partial charge in [-0.25, -0.2) is 14.5 Å². The van der Waals surface area contributed by atoms with Gasteiger partial charge in [0.1, 0.15) is 11.4 Å². The van der Waals surface area contributed by atoms with E-state index in [4.69, 9.17) is 5.10 Å². The molecule has 9 heteroatoms. The highest BCUT2D eigenvalue weighted by Crippen LogP contribution is 2.35. The second kappa shape index (κ2) is 9.46. The van der Waals surface area contributed by atoms with Crippen LogP contribution in [0.2, 0.25) is 0 Å². The lowest BCUT2D eigenvalue weighted by molar-refractivity contribution is 0.102. The first-order valence-electron chi connectivity index (χ1n) is 12.9. The van der Waals surface area contributed by atoms with E-state index < -0.39 is 0 Å². The summed E-state index contributed by atoms with van der Waals surface area (Å²) in [5.74, 6) is 2.22. The SMILES string of the molecule is Cc1ccc(-n2nc(C3CCN(C4CCC(C)C4)CC3)cc2NC(=O)c2cnn3cccnc23)nc1. The minimum atomic E-state index is -0.270. The van der Waals surface area contributed by atoms with Crippen LogP contribution in [0.1, 0.15) is 66.6 Å². The number of aromatic nitrogens is 6. The molecule has 1 saturated heterocycles. The Bertz CT molecular complexity index is 1370. The van der Waals surface area contributed by atoms with Crippen LogP contribution >= 0.6 is 0 Å². The molecule has 2 fully saturated rings. The van der Waals surface area contributed by atoms with Crippen molar-refractivity contribution in [3.63, 3.8) is 0 Å². The molecule has 1 aliphatic carbocycles. The number of likely N-dealkylation sites (tertiary alicyclic amines) is 1. The Balaban J connectivity index is 1.26. The van der Waals surface area contributed by atoms with Gasteiger partial charge in [-0.2, -0.15) is 14.9 Å². The molecule has 5 heterocycles. The van der Waals surface area contributed by atoms with Crippen molar-refractivity contribution in [2.75, 3.05) is 18.4 Å². The van der Waals surface area contributed by atoms with Crippen LogP contribution in [0.3, 0.4) is 0 Å². The molecule has 36 heavy (non-hydrogen) atoms. The van der Waals surface area contributed by atoms with Gasteiger partial charge in [0.15, 0.2) is 11.5 Å². The molecular formula is C27H32N8O. The van der Waals surface area contributed by atoms with Crippen LogP contribution in [0, 0.1) is 12.8 Å². The Kier molecular flexibility index (Phi) is 6.00. The highest BCUT2D eigenvalue weighted by molar-refractivity contribution is 6.07. The molecule has 6 rings (SSSR count). The van der Waals surface area contributed by atoms with E-state index in [2.05, 4.69) is 32.2 Å². The van der Waals surface area contributed by atoms with Crippen LogP contribution in [0.5, 0.6) is 0 Å². The number of rotatable bonds is 5. The number of carbonyl (C=O) groups excluding carboxylic acids is 1. The molecule has 0 radical (unpaired) electrons.